The van der Waals surface area contributed by atoms with Crippen molar-refractivity contribution in [3.63, 3.8) is 0 Å². The maximum absolute atomic E-state index is 9.06. The van der Waals surface area contributed by atoms with Crippen molar-refractivity contribution in [3.8, 4) is 5.75 Å². The van der Waals surface area contributed by atoms with E-state index in [0.29, 0.717) is 12.1 Å². The van der Waals surface area contributed by atoms with Crippen LogP contribution < -0.4 is 10.2 Å². The Labute approximate surface area is 84.5 Å². The van der Waals surface area contributed by atoms with Gasteiger partial charge in [-0.3, -0.25) is 0 Å². The molecule has 0 bridgehead atoms. The van der Waals surface area contributed by atoms with Crippen molar-refractivity contribution in [3.05, 3.63) is 23.3 Å². The lowest BCUT2D eigenvalue weighted by Gasteiger charge is -2.11. The van der Waals surface area contributed by atoms with Crippen molar-refractivity contribution in [2.24, 2.45) is 0 Å². The Bertz CT molecular complexity index is 323. The molecular formula is C10H15BO3. The molecule has 3 nitrogen and oxygen atoms in total. The first-order valence-electron chi connectivity index (χ1n) is 4.66. The van der Waals surface area contributed by atoms with E-state index in [0.717, 1.165) is 16.9 Å². The summed E-state index contributed by atoms with van der Waals surface area (Å²) in [5, 5.41) is 18.1. The maximum atomic E-state index is 9.06. The van der Waals surface area contributed by atoms with Crippen LogP contribution in [0.4, 0.5) is 0 Å². The molecule has 0 aromatic heterocycles. The Balaban J connectivity index is 3.10. The summed E-state index contributed by atoms with van der Waals surface area (Å²) in [6, 6.07) is 3.57. The molecule has 4 heteroatoms. The molecule has 2 N–H and O–H groups in total. The van der Waals surface area contributed by atoms with Crippen LogP contribution in [0.1, 0.15) is 18.1 Å². The van der Waals surface area contributed by atoms with E-state index in [4.69, 9.17) is 14.8 Å². The molecule has 1 aromatic carbocycles. The predicted molar refractivity (Wildman–Crippen MR) is 56.9 cm³/mol. The zero-order valence-electron chi connectivity index (χ0n) is 8.74. The summed E-state index contributed by atoms with van der Waals surface area (Å²) in [6.45, 7) is 6.25. The lowest BCUT2D eigenvalue weighted by atomic mass is 9.76. The lowest BCUT2D eigenvalue weighted by Crippen LogP contribution is -2.32. The second kappa shape index (κ2) is 4.48. The third kappa shape index (κ3) is 2.27. The van der Waals surface area contributed by atoms with Crippen molar-refractivity contribution < 1.29 is 14.8 Å². The molecule has 0 heterocycles. The molecule has 0 aliphatic heterocycles. The lowest BCUT2D eigenvalue weighted by molar-refractivity contribution is 0.337. The Kier molecular flexibility index (Phi) is 3.55. The van der Waals surface area contributed by atoms with Crippen LogP contribution in [0.2, 0.25) is 0 Å². The van der Waals surface area contributed by atoms with Crippen molar-refractivity contribution in [2.75, 3.05) is 6.61 Å². The van der Waals surface area contributed by atoms with Gasteiger partial charge in [-0.2, -0.15) is 0 Å². The molecule has 1 rings (SSSR count). The van der Waals surface area contributed by atoms with E-state index < -0.39 is 7.12 Å². The van der Waals surface area contributed by atoms with Gasteiger partial charge in [0.25, 0.3) is 0 Å². The van der Waals surface area contributed by atoms with Crippen molar-refractivity contribution in [1.82, 2.24) is 0 Å². The van der Waals surface area contributed by atoms with Crippen LogP contribution in [0, 0.1) is 13.8 Å². The Morgan fingerprint density at radius 2 is 1.86 bits per heavy atom. The molecule has 0 unspecified atom stereocenters. The molecule has 0 saturated carbocycles. The van der Waals surface area contributed by atoms with Gasteiger partial charge in [-0.1, -0.05) is 6.07 Å². The highest BCUT2D eigenvalue weighted by atomic mass is 16.5. The van der Waals surface area contributed by atoms with E-state index in [2.05, 4.69) is 0 Å². The Morgan fingerprint density at radius 1 is 1.21 bits per heavy atom. The number of ether oxygens (including phenoxy) is 1. The smallest absolute Gasteiger partial charge is 0.488 e. The van der Waals surface area contributed by atoms with E-state index in [9.17, 15) is 0 Å². The maximum Gasteiger partial charge on any atom is 0.488 e. The molecule has 1 aromatic rings. The SMILES string of the molecule is CCOc1cc(C)c(B(O)O)cc1C. The zero-order valence-corrected chi connectivity index (χ0v) is 8.74. The molecule has 0 aliphatic rings. The van der Waals surface area contributed by atoms with Crippen LogP contribution in [0.5, 0.6) is 5.75 Å². The molecule has 76 valence electrons. The summed E-state index contributed by atoms with van der Waals surface area (Å²) < 4.78 is 5.39. The van der Waals surface area contributed by atoms with E-state index in [-0.39, 0.29) is 0 Å². The fourth-order valence-corrected chi connectivity index (χ4v) is 1.40. The first-order valence-corrected chi connectivity index (χ1v) is 4.66. The molecule has 0 radical (unpaired) electrons. The minimum atomic E-state index is -1.41. The van der Waals surface area contributed by atoms with E-state index >= 15 is 0 Å². The largest absolute Gasteiger partial charge is 0.494 e. The fraction of sp³-hybridized carbons (Fsp3) is 0.400. The number of hydrogen-bond donors (Lipinski definition) is 2. The van der Waals surface area contributed by atoms with Gasteiger partial charge in [0.1, 0.15) is 5.75 Å². The summed E-state index contributed by atoms with van der Waals surface area (Å²) in [6.07, 6.45) is 0. The minimum Gasteiger partial charge on any atom is -0.494 e. The van der Waals surface area contributed by atoms with Gasteiger partial charge in [-0.15, -0.1) is 0 Å². The van der Waals surface area contributed by atoms with Crippen LogP contribution in [-0.2, 0) is 0 Å². The molecule has 14 heavy (non-hydrogen) atoms. The molecule has 0 fully saturated rings. The van der Waals surface area contributed by atoms with Gasteiger partial charge in [-0.05, 0) is 43.4 Å². The van der Waals surface area contributed by atoms with Crippen LogP contribution in [0.25, 0.3) is 0 Å². The molecule has 0 aliphatic carbocycles. The molecular weight excluding hydrogens is 179 g/mol. The first-order chi connectivity index (χ1) is 6.56. The van der Waals surface area contributed by atoms with Gasteiger partial charge >= 0.3 is 7.12 Å². The average Bonchev–Trinajstić information content (AvgIpc) is 2.10. The molecule has 0 amide bonds. The van der Waals surface area contributed by atoms with Gasteiger partial charge in [-0.25, -0.2) is 0 Å². The standard InChI is InChI=1S/C10H15BO3/c1-4-14-10-6-7(2)9(11(12)13)5-8(10)3/h5-6,12-13H,4H2,1-3H3. The van der Waals surface area contributed by atoms with Crippen LogP contribution >= 0.6 is 0 Å². The molecule has 0 saturated heterocycles. The third-order valence-corrected chi connectivity index (χ3v) is 2.14. The predicted octanol–water partition coefficient (Wildman–Crippen LogP) is 0.382. The monoisotopic (exact) mass is 194 g/mol. The quantitative estimate of drug-likeness (QED) is 0.684. The summed E-state index contributed by atoms with van der Waals surface area (Å²) in [5.41, 5.74) is 2.28. The number of hydrogen-bond acceptors (Lipinski definition) is 3. The second-order valence-corrected chi connectivity index (χ2v) is 3.28. The van der Waals surface area contributed by atoms with Crippen LogP contribution in [0.15, 0.2) is 12.1 Å². The zero-order chi connectivity index (χ0) is 10.7. The fourth-order valence-electron chi connectivity index (χ4n) is 1.40. The van der Waals surface area contributed by atoms with Gasteiger partial charge in [0.2, 0.25) is 0 Å². The summed E-state index contributed by atoms with van der Waals surface area (Å²) >= 11 is 0. The van der Waals surface area contributed by atoms with Crippen LogP contribution in [-0.4, -0.2) is 23.8 Å². The third-order valence-electron chi connectivity index (χ3n) is 2.14. The van der Waals surface area contributed by atoms with E-state index in [1.807, 2.05) is 26.8 Å². The van der Waals surface area contributed by atoms with E-state index in [1.54, 1.807) is 6.07 Å². The van der Waals surface area contributed by atoms with E-state index in [1.165, 1.54) is 0 Å². The summed E-state index contributed by atoms with van der Waals surface area (Å²) in [5.74, 6) is 0.800. The summed E-state index contributed by atoms with van der Waals surface area (Å²) in [7, 11) is -1.41. The minimum absolute atomic E-state index is 0.533. The van der Waals surface area contributed by atoms with Crippen molar-refractivity contribution in [1.29, 1.82) is 0 Å². The van der Waals surface area contributed by atoms with Crippen LogP contribution in [0.3, 0.4) is 0 Å². The average molecular weight is 194 g/mol. The number of aryl methyl sites for hydroxylation is 2. The first kappa shape index (κ1) is 11.1. The van der Waals surface area contributed by atoms with Gasteiger partial charge in [0, 0.05) is 0 Å². The Hall–Kier alpha value is -0.995. The number of benzene rings is 1. The highest BCUT2D eigenvalue weighted by Gasteiger charge is 2.15. The Morgan fingerprint density at radius 3 is 2.36 bits per heavy atom. The second-order valence-electron chi connectivity index (χ2n) is 3.28. The highest BCUT2D eigenvalue weighted by Crippen LogP contribution is 2.17. The molecule has 0 spiro atoms. The molecule has 0 atom stereocenters. The van der Waals surface area contributed by atoms with Gasteiger partial charge in [0.05, 0.1) is 6.61 Å². The normalized spacial score (nSPS) is 10.1. The summed E-state index contributed by atoms with van der Waals surface area (Å²) in [4.78, 5) is 0. The van der Waals surface area contributed by atoms with Crippen molar-refractivity contribution >= 4 is 12.6 Å². The highest BCUT2D eigenvalue weighted by molar-refractivity contribution is 6.59. The number of rotatable bonds is 3. The topological polar surface area (TPSA) is 49.7 Å². The van der Waals surface area contributed by atoms with Crippen molar-refractivity contribution in [2.45, 2.75) is 20.8 Å². The van der Waals surface area contributed by atoms with Gasteiger partial charge in [0.15, 0.2) is 0 Å². The van der Waals surface area contributed by atoms with Gasteiger partial charge < -0.3 is 14.8 Å².